The summed E-state index contributed by atoms with van der Waals surface area (Å²) < 4.78 is 0.685. The molecule has 4 heteroatoms. The summed E-state index contributed by atoms with van der Waals surface area (Å²) in [6.07, 6.45) is 5.00. The highest BCUT2D eigenvalue weighted by Crippen LogP contribution is 2.28. The maximum absolute atomic E-state index is 12.1. The fourth-order valence-electron chi connectivity index (χ4n) is 2.59. The third-order valence-electron chi connectivity index (χ3n) is 3.96. The Morgan fingerprint density at radius 2 is 2.05 bits per heavy atom. The molecule has 0 spiro atoms. The van der Waals surface area contributed by atoms with Gasteiger partial charge in [0.1, 0.15) is 0 Å². The maximum atomic E-state index is 12.1. The van der Waals surface area contributed by atoms with Gasteiger partial charge in [-0.1, -0.05) is 25.8 Å². The first-order valence-corrected chi connectivity index (χ1v) is 7.69. The molecule has 0 radical (unpaired) electrons. The Kier molecular flexibility index (Phi) is 4.86. The van der Waals surface area contributed by atoms with E-state index in [1.807, 2.05) is 0 Å². The van der Waals surface area contributed by atoms with Crippen LogP contribution < -0.4 is 11.1 Å². The van der Waals surface area contributed by atoms with Crippen LogP contribution >= 0.6 is 15.9 Å². The van der Waals surface area contributed by atoms with E-state index in [0.29, 0.717) is 21.6 Å². The van der Waals surface area contributed by atoms with E-state index in [0.717, 1.165) is 12.5 Å². The summed E-state index contributed by atoms with van der Waals surface area (Å²) in [5.41, 5.74) is 7.00. The lowest BCUT2D eigenvalue weighted by atomic mass is 9.83. The van der Waals surface area contributed by atoms with Gasteiger partial charge in [0.25, 0.3) is 5.91 Å². The van der Waals surface area contributed by atoms with Gasteiger partial charge in [-0.05, 0) is 52.7 Å². The number of hydrogen-bond acceptors (Lipinski definition) is 2. The molecule has 0 heterocycles. The molecule has 0 aromatic heterocycles. The average Bonchev–Trinajstić information content (AvgIpc) is 2.41. The number of hydrogen-bond donors (Lipinski definition) is 2. The molecule has 1 saturated carbocycles. The second-order valence-corrected chi connectivity index (χ2v) is 6.34. The Bertz CT molecular complexity index is 453. The van der Waals surface area contributed by atoms with Gasteiger partial charge in [-0.3, -0.25) is 4.79 Å². The van der Waals surface area contributed by atoms with Gasteiger partial charge in [-0.15, -0.1) is 0 Å². The van der Waals surface area contributed by atoms with Gasteiger partial charge in [0.05, 0.1) is 10.0 Å². The number of halogens is 1. The second kappa shape index (κ2) is 6.42. The van der Waals surface area contributed by atoms with Crippen LogP contribution in [0.2, 0.25) is 0 Å². The Labute approximate surface area is 123 Å². The van der Waals surface area contributed by atoms with E-state index >= 15 is 0 Å². The highest BCUT2D eigenvalue weighted by molar-refractivity contribution is 9.10. The number of benzene rings is 1. The van der Waals surface area contributed by atoms with Crippen LogP contribution in [-0.4, -0.2) is 12.5 Å². The van der Waals surface area contributed by atoms with Crippen molar-refractivity contribution in [2.24, 2.45) is 11.8 Å². The van der Waals surface area contributed by atoms with Crippen molar-refractivity contribution in [2.75, 3.05) is 12.3 Å². The van der Waals surface area contributed by atoms with Gasteiger partial charge in [-0.2, -0.15) is 0 Å². The molecular formula is C15H21BrN2O. The van der Waals surface area contributed by atoms with Gasteiger partial charge in [-0.25, -0.2) is 0 Å². The SMILES string of the molecule is CC1CCC(CNC(=O)c2cccc(N)c2Br)CC1. The summed E-state index contributed by atoms with van der Waals surface area (Å²) in [6, 6.07) is 5.37. The molecule has 0 atom stereocenters. The van der Waals surface area contributed by atoms with Crippen molar-refractivity contribution in [2.45, 2.75) is 32.6 Å². The van der Waals surface area contributed by atoms with Crippen molar-refractivity contribution < 1.29 is 4.79 Å². The van der Waals surface area contributed by atoms with Gasteiger partial charge in [0.2, 0.25) is 0 Å². The summed E-state index contributed by atoms with van der Waals surface area (Å²) >= 11 is 3.37. The molecule has 3 N–H and O–H groups in total. The highest BCUT2D eigenvalue weighted by Gasteiger charge is 2.19. The van der Waals surface area contributed by atoms with E-state index in [1.165, 1.54) is 25.7 Å². The number of carbonyl (C=O) groups is 1. The Hall–Kier alpha value is -1.03. The van der Waals surface area contributed by atoms with E-state index in [2.05, 4.69) is 28.2 Å². The van der Waals surface area contributed by atoms with E-state index in [4.69, 9.17) is 5.73 Å². The molecule has 19 heavy (non-hydrogen) atoms. The number of nitrogens with one attached hydrogen (secondary N) is 1. The van der Waals surface area contributed by atoms with Crippen molar-refractivity contribution in [1.82, 2.24) is 5.32 Å². The summed E-state index contributed by atoms with van der Waals surface area (Å²) in [6.45, 7) is 3.07. The standard InChI is InChI=1S/C15H21BrN2O/c1-10-5-7-11(8-6-10)9-18-15(19)12-3-2-4-13(17)14(12)16/h2-4,10-11H,5-9,17H2,1H3,(H,18,19). The predicted octanol–water partition coefficient (Wildman–Crippen LogP) is 3.59. The first-order chi connectivity index (χ1) is 9.08. The molecule has 1 fully saturated rings. The summed E-state index contributed by atoms with van der Waals surface area (Å²) in [7, 11) is 0. The predicted molar refractivity (Wildman–Crippen MR) is 82.0 cm³/mol. The van der Waals surface area contributed by atoms with Crippen molar-refractivity contribution in [3.63, 3.8) is 0 Å². The number of nitrogen functional groups attached to an aromatic ring is 1. The molecule has 1 amide bonds. The van der Waals surface area contributed by atoms with Crippen molar-refractivity contribution in [3.05, 3.63) is 28.2 Å². The third-order valence-corrected chi connectivity index (χ3v) is 4.84. The molecule has 104 valence electrons. The Balaban J connectivity index is 1.89. The Morgan fingerprint density at radius 1 is 1.37 bits per heavy atom. The van der Waals surface area contributed by atoms with Crippen LogP contribution in [0.3, 0.4) is 0 Å². The number of anilines is 1. The molecule has 0 bridgehead atoms. The quantitative estimate of drug-likeness (QED) is 0.835. The number of rotatable bonds is 3. The molecular weight excluding hydrogens is 304 g/mol. The fourth-order valence-corrected chi connectivity index (χ4v) is 3.04. The lowest BCUT2D eigenvalue weighted by Gasteiger charge is -2.26. The fraction of sp³-hybridized carbons (Fsp3) is 0.533. The van der Waals surface area contributed by atoms with Gasteiger partial charge in [0, 0.05) is 12.2 Å². The summed E-state index contributed by atoms with van der Waals surface area (Å²) in [5.74, 6) is 1.42. The van der Waals surface area contributed by atoms with Crippen LogP contribution in [0.5, 0.6) is 0 Å². The minimum Gasteiger partial charge on any atom is -0.398 e. The molecule has 1 aliphatic rings. The van der Waals surface area contributed by atoms with Crippen LogP contribution in [0.25, 0.3) is 0 Å². The topological polar surface area (TPSA) is 55.1 Å². The summed E-state index contributed by atoms with van der Waals surface area (Å²) in [5, 5.41) is 3.03. The van der Waals surface area contributed by atoms with Crippen molar-refractivity contribution >= 4 is 27.5 Å². The summed E-state index contributed by atoms with van der Waals surface area (Å²) in [4.78, 5) is 12.1. The van der Waals surface area contributed by atoms with Crippen LogP contribution in [0.15, 0.2) is 22.7 Å². The van der Waals surface area contributed by atoms with Crippen LogP contribution in [0, 0.1) is 11.8 Å². The Morgan fingerprint density at radius 3 is 2.74 bits per heavy atom. The van der Waals surface area contributed by atoms with E-state index in [-0.39, 0.29) is 5.91 Å². The second-order valence-electron chi connectivity index (χ2n) is 5.54. The number of amides is 1. The first kappa shape index (κ1) is 14.4. The first-order valence-electron chi connectivity index (χ1n) is 6.90. The van der Waals surface area contributed by atoms with Gasteiger partial charge >= 0.3 is 0 Å². The largest absolute Gasteiger partial charge is 0.398 e. The average molecular weight is 325 g/mol. The molecule has 0 unspecified atom stereocenters. The highest BCUT2D eigenvalue weighted by atomic mass is 79.9. The monoisotopic (exact) mass is 324 g/mol. The molecule has 2 rings (SSSR count). The molecule has 0 saturated heterocycles. The van der Waals surface area contributed by atoms with E-state index < -0.39 is 0 Å². The van der Waals surface area contributed by atoms with Crippen LogP contribution in [-0.2, 0) is 0 Å². The van der Waals surface area contributed by atoms with E-state index in [9.17, 15) is 4.79 Å². The van der Waals surface area contributed by atoms with E-state index in [1.54, 1.807) is 18.2 Å². The minimum absolute atomic E-state index is 0.0437. The zero-order chi connectivity index (χ0) is 13.8. The normalized spacial score (nSPS) is 23.1. The van der Waals surface area contributed by atoms with Crippen molar-refractivity contribution in [1.29, 1.82) is 0 Å². The molecule has 0 aliphatic heterocycles. The number of carbonyl (C=O) groups excluding carboxylic acids is 1. The maximum Gasteiger partial charge on any atom is 0.252 e. The molecule has 1 aromatic carbocycles. The van der Waals surface area contributed by atoms with Gasteiger partial charge in [0.15, 0.2) is 0 Å². The number of nitrogens with two attached hydrogens (primary N) is 1. The molecule has 1 aliphatic carbocycles. The lowest BCUT2D eigenvalue weighted by molar-refractivity contribution is 0.0941. The zero-order valence-corrected chi connectivity index (χ0v) is 12.9. The lowest BCUT2D eigenvalue weighted by Crippen LogP contribution is -2.31. The third kappa shape index (κ3) is 3.72. The van der Waals surface area contributed by atoms with Crippen molar-refractivity contribution in [3.8, 4) is 0 Å². The van der Waals surface area contributed by atoms with Gasteiger partial charge < -0.3 is 11.1 Å². The smallest absolute Gasteiger partial charge is 0.252 e. The van der Waals surface area contributed by atoms with Crippen LogP contribution in [0.1, 0.15) is 43.0 Å². The molecule has 3 nitrogen and oxygen atoms in total. The zero-order valence-electron chi connectivity index (χ0n) is 11.3. The minimum atomic E-state index is -0.0437. The van der Waals surface area contributed by atoms with Crippen LogP contribution in [0.4, 0.5) is 5.69 Å². The molecule has 1 aromatic rings.